The Bertz CT molecular complexity index is 139. The van der Waals surface area contributed by atoms with Gasteiger partial charge in [-0.15, -0.1) is 0 Å². The lowest BCUT2D eigenvalue weighted by Crippen LogP contribution is -2.40. The van der Waals surface area contributed by atoms with Crippen LogP contribution in [-0.4, -0.2) is 59.0 Å². The summed E-state index contributed by atoms with van der Waals surface area (Å²) in [4.78, 5) is 12.1. The molecule has 1 unspecified atom stereocenters. The van der Waals surface area contributed by atoms with E-state index in [4.69, 9.17) is 15.3 Å². The molecule has 0 aliphatic rings. The molecule has 5 heteroatoms. The van der Waals surface area contributed by atoms with Crippen molar-refractivity contribution in [2.24, 2.45) is 0 Å². The van der Waals surface area contributed by atoms with Crippen LogP contribution >= 0.6 is 0 Å². The van der Waals surface area contributed by atoms with Crippen LogP contribution in [0.5, 0.6) is 0 Å². The number of rotatable bonds is 6. The van der Waals surface area contributed by atoms with Gasteiger partial charge in [0.1, 0.15) is 6.04 Å². The Morgan fingerprint density at radius 2 is 2.00 bits per heavy atom. The van der Waals surface area contributed by atoms with Gasteiger partial charge in [0.05, 0.1) is 6.61 Å². The highest BCUT2D eigenvalue weighted by Gasteiger charge is 2.20. The summed E-state index contributed by atoms with van der Waals surface area (Å²) in [5.41, 5.74) is 0. The second kappa shape index (κ2) is 5.93. The van der Waals surface area contributed by atoms with E-state index in [0.717, 1.165) is 0 Å². The number of hydrogen-bond donors (Lipinski definition) is 3. The fourth-order valence-corrected chi connectivity index (χ4v) is 0.968. The Kier molecular flexibility index (Phi) is 5.61. The van der Waals surface area contributed by atoms with Crippen molar-refractivity contribution in [3.05, 3.63) is 0 Å². The van der Waals surface area contributed by atoms with Crippen LogP contribution in [0.15, 0.2) is 0 Å². The first-order chi connectivity index (χ1) is 5.63. The van der Waals surface area contributed by atoms with Gasteiger partial charge in [-0.2, -0.15) is 0 Å². The summed E-state index contributed by atoms with van der Waals surface area (Å²) in [7, 11) is 1.60. The molecular formula is C7H15NO4. The Hall–Kier alpha value is -0.650. The molecule has 0 aromatic rings. The van der Waals surface area contributed by atoms with E-state index < -0.39 is 12.0 Å². The predicted octanol–water partition coefficient (Wildman–Crippen LogP) is -1.25. The number of likely N-dealkylation sites (N-methyl/N-ethyl adjacent to an activating group) is 1. The highest BCUT2D eigenvalue weighted by atomic mass is 16.4. The van der Waals surface area contributed by atoms with Gasteiger partial charge in [-0.05, 0) is 13.5 Å². The summed E-state index contributed by atoms with van der Waals surface area (Å²) < 4.78 is 0. The average Bonchev–Trinajstić information content (AvgIpc) is 1.99. The van der Waals surface area contributed by atoms with Crippen LogP contribution in [0.1, 0.15) is 6.42 Å². The van der Waals surface area contributed by atoms with Gasteiger partial charge >= 0.3 is 5.97 Å². The summed E-state index contributed by atoms with van der Waals surface area (Å²) in [5.74, 6) is -0.972. The maximum atomic E-state index is 10.6. The summed E-state index contributed by atoms with van der Waals surface area (Å²) >= 11 is 0. The Morgan fingerprint density at radius 3 is 2.33 bits per heavy atom. The molecule has 5 nitrogen and oxygen atoms in total. The summed E-state index contributed by atoms with van der Waals surface area (Å²) in [5, 5.41) is 25.8. The number of aliphatic hydroxyl groups excluding tert-OH is 2. The van der Waals surface area contributed by atoms with Crippen LogP contribution in [0, 0.1) is 0 Å². The van der Waals surface area contributed by atoms with Crippen molar-refractivity contribution < 1.29 is 20.1 Å². The molecule has 0 spiro atoms. The maximum absolute atomic E-state index is 10.6. The van der Waals surface area contributed by atoms with Gasteiger partial charge in [-0.25, -0.2) is 0 Å². The number of carboxylic acids is 1. The molecule has 0 bridgehead atoms. The number of carboxylic acid groups (broad SMARTS) is 1. The average molecular weight is 177 g/mol. The number of hydrogen-bond acceptors (Lipinski definition) is 4. The summed E-state index contributed by atoms with van der Waals surface area (Å²) in [6.45, 7) is 0.0649. The van der Waals surface area contributed by atoms with Crippen LogP contribution in [0.3, 0.4) is 0 Å². The van der Waals surface area contributed by atoms with Crippen LogP contribution < -0.4 is 0 Å². The molecule has 0 heterocycles. The number of carbonyl (C=O) groups is 1. The largest absolute Gasteiger partial charge is 0.480 e. The van der Waals surface area contributed by atoms with Gasteiger partial charge < -0.3 is 15.3 Å². The molecule has 0 aliphatic heterocycles. The molecule has 3 N–H and O–H groups in total. The van der Waals surface area contributed by atoms with E-state index in [1.165, 1.54) is 4.90 Å². The number of nitrogens with zero attached hydrogens (tertiary/aromatic N) is 1. The molecule has 12 heavy (non-hydrogen) atoms. The fraction of sp³-hybridized carbons (Fsp3) is 0.857. The van der Waals surface area contributed by atoms with Gasteiger partial charge in [-0.1, -0.05) is 0 Å². The minimum Gasteiger partial charge on any atom is -0.480 e. The Morgan fingerprint density at radius 1 is 1.42 bits per heavy atom. The highest BCUT2D eigenvalue weighted by Crippen LogP contribution is 2.00. The van der Waals surface area contributed by atoms with Crippen LogP contribution in [0.25, 0.3) is 0 Å². The minimum atomic E-state index is -0.972. The SMILES string of the molecule is CN(CCO)C(CCO)C(=O)O. The first-order valence-electron chi connectivity index (χ1n) is 3.78. The quantitative estimate of drug-likeness (QED) is 0.472. The third-order valence-electron chi connectivity index (χ3n) is 1.67. The Balaban J connectivity index is 3.99. The lowest BCUT2D eigenvalue weighted by molar-refractivity contribution is -0.143. The third-order valence-corrected chi connectivity index (χ3v) is 1.67. The summed E-state index contributed by atoms with van der Waals surface area (Å²) in [6, 6.07) is -0.706. The molecule has 0 rings (SSSR count). The molecule has 0 aromatic heterocycles. The van der Waals surface area contributed by atoms with Crippen molar-refractivity contribution in [2.45, 2.75) is 12.5 Å². The first kappa shape index (κ1) is 11.4. The molecule has 0 saturated carbocycles. The van der Waals surface area contributed by atoms with E-state index >= 15 is 0 Å². The number of aliphatic hydroxyl groups is 2. The van der Waals surface area contributed by atoms with Crippen molar-refractivity contribution in [3.63, 3.8) is 0 Å². The molecule has 1 atom stereocenters. The highest BCUT2D eigenvalue weighted by molar-refractivity contribution is 5.73. The maximum Gasteiger partial charge on any atom is 0.320 e. The normalized spacial score (nSPS) is 13.3. The van der Waals surface area contributed by atoms with Crippen LogP contribution in [0.4, 0.5) is 0 Å². The smallest absolute Gasteiger partial charge is 0.320 e. The van der Waals surface area contributed by atoms with Crippen molar-refractivity contribution in [3.8, 4) is 0 Å². The molecule has 0 amide bonds. The van der Waals surface area contributed by atoms with E-state index in [-0.39, 0.29) is 19.6 Å². The lowest BCUT2D eigenvalue weighted by atomic mass is 10.2. The van der Waals surface area contributed by atoms with Crippen molar-refractivity contribution >= 4 is 5.97 Å². The van der Waals surface area contributed by atoms with Gasteiger partial charge in [0.2, 0.25) is 0 Å². The molecule has 0 fully saturated rings. The zero-order chi connectivity index (χ0) is 9.56. The standard InChI is InChI=1S/C7H15NO4/c1-8(3-5-10)6(2-4-9)7(11)12/h6,9-10H,2-5H2,1H3,(H,11,12). The molecule has 0 radical (unpaired) electrons. The summed E-state index contributed by atoms with van der Waals surface area (Å²) in [6.07, 6.45) is 0.186. The molecule has 0 aromatic carbocycles. The lowest BCUT2D eigenvalue weighted by Gasteiger charge is -2.22. The van der Waals surface area contributed by atoms with Gasteiger partial charge in [-0.3, -0.25) is 9.69 Å². The molecule has 0 saturated heterocycles. The zero-order valence-corrected chi connectivity index (χ0v) is 7.10. The number of aliphatic carboxylic acids is 1. The molecule has 72 valence electrons. The van der Waals surface area contributed by atoms with Crippen molar-refractivity contribution in [1.82, 2.24) is 4.90 Å². The van der Waals surface area contributed by atoms with Gasteiger partial charge in [0.25, 0.3) is 0 Å². The minimum absolute atomic E-state index is 0.0777. The van der Waals surface area contributed by atoms with Crippen molar-refractivity contribution in [2.75, 3.05) is 26.8 Å². The van der Waals surface area contributed by atoms with Gasteiger partial charge in [0, 0.05) is 13.2 Å². The molecule has 0 aliphatic carbocycles. The predicted molar refractivity (Wildman–Crippen MR) is 42.8 cm³/mol. The van der Waals surface area contributed by atoms with Crippen molar-refractivity contribution in [1.29, 1.82) is 0 Å². The van der Waals surface area contributed by atoms with E-state index in [0.29, 0.717) is 6.54 Å². The third kappa shape index (κ3) is 3.66. The van der Waals surface area contributed by atoms with E-state index in [1.807, 2.05) is 0 Å². The zero-order valence-electron chi connectivity index (χ0n) is 7.10. The second-order valence-corrected chi connectivity index (χ2v) is 2.57. The fourth-order valence-electron chi connectivity index (χ4n) is 0.968. The van der Waals surface area contributed by atoms with Gasteiger partial charge in [0.15, 0.2) is 0 Å². The van der Waals surface area contributed by atoms with Crippen LogP contribution in [-0.2, 0) is 4.79 Å². The first-order valence-corrected chi connectivity index (χ1v) is 3.78. The topological polar surface area (TPSA) is 81.0 Å². The second-order valence-electron chi connectivity index (χ2n) is 2.57. The Labute approximate surface area is 71.2 Å². The van der Waals surface area contributed by atoms with Crippen LogP contribution in [0.2, 0.25) is 0 Å². The van der Waals surface area contributed by atoms with E-state index in [2.05, 4.69) is 0 Å². The van der Waals surface area contributed by atoms with E-state index in [9.17, 15) is 4.79 Å². The monoisotopic (exact) mass is 177 g/mol. The molecular weight excluding hydrogens is 162 g/mol. The van der Waals surface area contributed by atoms with E-state index in [1.54, 1.807) is 7.05 Å².